The maximum Gasteiger partial charge on any atom is 0.302 e. The molecular weight excluding hydrogens is 444 g/mol. The van der Waals surface area contributed by atoms with Crippen molar-refractivity contribution in [3.05, 3.63) is 109 Å². The molecule has 0 heterocycles. The minimum Gasteiger partial charge on any atom is -0.462 e. The van der Waals surface area contributed by atoms with Gasteiger partial charge in [0, 0.05) is 20.8 Å². The normalized spacial score (nSPS) is 9.80. The number of benzene rings is 2. The summed E-state index contributed by atoms with van der Waals surface area (Å²) in [5, 5.41) is 0. The number of hydrogen-bond donors (Lipinski definition) is 0. The molecule has 0 aliphatic carbocycles. The Balaban J connectivity index is 0.000000507. The smallest absolute Gasteiger partial charge is 0.302 e. The summed E-state index contributed by atoms with van der Waals surface area (Å²) in [6.07, 6.45) is 10.8. The summed E-state index contributed by atoms with van der Waals surface area (Å²) < 4.78 is 13.9. The van der Waals surface area contributed by atoms with Crippen LogP contribution in [0.5, 0.6) is 0 Å². The highest BCUT2D eigenvalue weighted by atomic mass is 16.5. The van der Waals surface area contributed by atoms with Crippen molar-refractivity contribution in [1.29, 1.82) is 0 Å². The number of hydrogen-bond acceptors (Lipinski definition) is 6. The van der Waals surface area contributed by atoms with Gasteiger partial charge in [-0.3, -0.25) is 14.4 Å². The van der Waals surface area contributed by atoms with E-state index in [2.05, 4.69) is 40.3 Å². The second-order valence-corrected chi connectivity index (χ2v) is 7.02. The summed E-state index contributed by atoms with van der Waals surface area (Å²) >= 11 is 0. The highest BCUT2D eigenvalue weighted by Gasteiger charge is 1.89. The Morgan fingerprint density at radius 1 is 0.600 bits per heavy atom. The van der Waals surface area contributed by atoms with Crippen LogP contribution in [0, 0.1) is 0 Å². The Kier molecular flexibility index (Phi) is 19.4. The van der Waals surface area contributed by atoms with Gasteiger partial charge in [0.05, 0.1) is 0 Å². The first-order valence-electron chi connectivity index (χ1n) is 11.2. The molecule has 0 spiro atoms. The zero-order chi connectivity index (χ0) is 26.2. The van der Waals surface area contributed by atoms with E-state index in [-0.39, 0.29) is 31.1 Å². The van der Waals surface area contributed by atoms with Gasteiger partial charge in [0.2, 0.25) is 0 Å². The molecule has 188 valence electrons. The monoisotopic (exact) mass is 480 g/mol. The van der Waals surface area contributed by atoms with Gasteiger partial charge >= 0.3 is 17.9 Å². The zero-order valence-electron chi connectivity index (χ0n) is 20.9. The maximum atomic E-state index is 10.4. The number of esters is 3. The molecule has 6 nitrogen and oxygen atoms in total. The molecule has 0 N–H and O–H groups in total. The fourth-order valence-electron chi connectivity index (χ4n) is 2.31. The molecule has 6 heteroatoms. The van der Waals surface area contributed by atoms with Crippen LogP contribution in [0.25, 0.3) is 0 Å². The van der Waals surface area contributed by atoms with E-state index in [9.17, 15) is 14.4 Å². The van der Waals surface area contributed by atoms with Crippen molar-refractivity contribution >= 4 is 17.9 Å². The first-order chi connectivity index (χ1) is 16.8. The van der Waals surface area contributed by atoms with Crippen LogP contribution in [-0.4, -0.2) is 37.7 Å². The number of carbonyl (C=O) groups excluding carboxylic acids is 3. The van der Waals surface area contributed by atoms with Crippen LogP contribution in [-0.2, 0) is 41.4 Å². The van der Waals surface area contributed by atoms with Crippen molar-refractivity contribution in [1.82, 2.24) is 0 Å². The molecule has 0 saturated carbocycles. The third-order valence-electron chi connectivity index (χ3n) is 3.90. The van der Waals surface area contributed by atoms with Crippen molar-refractivity contribution in [3.63, 3.8) is 0 Å². The number of rotatable bonds is 10. The third kappa shape index (κ3) is 23.0. The number of carbonyl (C=O) groups is 3. The van der Waals surface area contributed by atoms with Gasteiger partial charge in [0.25, 0.3) is 0 Å². The minimum absolute atomic E-state index is 0.219. The Bertz CT molecular complexity index is 881. The van der Waals surface area contributed by atoms with Gasteiger partial charge in [-0.2, -0.15) is 0 Å². The van der Waals surface area contributed by atoms with Crippen molar-refractivity contribution < 1.29 is 28.6 Å². The van der Waals surface area contributed by atoms with Crippen LogP contribution in [0.4, 0.5) is 0 Å². The molecular formula is C29H36O6. The molecule has 0 fully saturated rings. The molecule has 0 bridgehead atoms. The van der Waals surface area contributed by atoms with Crippen molar-refractivity contribution in [3.8, 4) is 0 Å². The highest BCUT2D eigenvalue weighted by molar-refractivity contribution is 5.66. The Hall–Kier alpha value is -3.93. The zero-order valence-corrected chi connectivity index (χ0v) is 20.9. The fraction of sp³-hybridized carbons (Fsp3) is 0.276. The van der Waals surface area contributed by atoms with E-state index in [4.69, 9.17) is 4.74 Å². The quantitative estimate of drug-likeness (QED) is 0.256. The number of allylic oxidation sites excluding steroid dienone is 2. The van der Waals surface area contributed by atoms with Crippen LogP contribution >= 0.6 is 0 Å². The van der Waals surface area contributed by atoms with Crippen LogP contribution in [0.15, 0.2) is 97.6 Å². The molecule has 0 saturated heterocycles. The van der Waals surface area contributed by atoms with E-state index in [1.807, 2.05) is 54.6 Å². The second-order valence-electron chi connectivity index (χ2n) is 7.02. The van der Waals surface area contributed by atoms with E-state index < -0.39 is 0 Å². The molecule has 0 unspecified atom stereocenters. The third-order valence-corrected chi connectivity index (χ3v) is 3.90. The SMILES string of the molecule is C=CCc1ccccc1.CC(=O)OC/C=C\COC(C)=O.CC(=O)OCC=CCc1ccccc1. The summed E-state index contributed by atoms with van der Waals surface area (Å²) in [5.41, 5.74) is 2.58. The summed E-state index contributed by atoms with van der Waals surface area (Å²) in [6, 6.07) is 20.4. The van der Waals surface area contributed by atoms with Gasteiger partial charge in [-0.1, -0.05) is 78.9 Å². The van der Waals surface area contributed by atoms with Gasteiger partial charge in [-0.25, -0.2) is 0 Å². The van der Waals surface area contributed by atoms with Gasteiger partial charge in [-0.15, -0.1) is 6.58 Å². The van der Waals surface area contributed by atoms with Gasteiger partial charge in [0.15, 0.2) is 0 Å². The molecule has 35 heavy (non-hydrogen) atoms. The lowest BCUT2D eigenvalue weighted by atomic mass is 10.1. The van der Waals surface area contributed by atoms with Crippen LogP contribution in [0.2, 0.25) is 0 Å². The minimum atomic E-state index is -0.327. The molecule has 0 aliphatic heterocycles. The van der Waals surface area contributed by atoms with E-state index in [0.717, 1.165) is 12.8 Å². The lowest BCUT2D eigenvalue weighted by Gasteiger charge is -1.96. The topological polar surface area (TPSA) is 78.9 Å². The van der Waals surface area contributed by atoms with Crippen molar-refractivity contribution in [2.45, 2.75) is 33.6 Å². The van der Waals surface area contributed by atoms with Gasteiger partial charge < -0.3 is 14.2 Å². The summed E-state index contributed by atoms with van der Waals surface area (Å²) in [7, 11) is 0. The largest absolute Gasteiger partial charge is 0.462 e. The molecule has 0 radical (unpaired) electrons. The Labute approximate surface area is 208 Å². The summed E-state index contributed by atoms with van der Waals surface area (Å²) in [6.45, 7) is 8.53. The van der Waals surface area contributed by atoms with E-state index in [0.29, 0.717) is 6.61 Å². The predicted octanol–water partition coefficient (Wildman–Crippen LogP) is 5.43. The summed E-state index contributed by atoms with van der Waals surface area (Å²) in [4.78, 5) is 30.9. The Morgan fingerprint density at radius 3 is 1.29 bits per heavy atom. The van der Waals surface area contributed by atoms with Crippen molar-refractivity contribution in [2.24, 2.45) is 0 Å². The lowest BCUT2D eigenvalue weighted by molar-refractivity contribution is -0.141. The molecule has 0 aromatic heterocycles. The van der Waals surface area contributed by atoms with Gasteiger partial charge in [0.1, 0.15) is 19.8 Å². The molecule has 2 aromatic rings. The van der Waals surface area contributed by atoms with E-state index in [1.54, 1.807) is 12.2 Å². The lowest BCUT2D eigenvalue weighted by Crippen LogP contribution is -2.00. The summed E-state index contributed by atoms with van der Waals surface area (Å²) in [5.74, 6) is -0.895. The van der Waals surface area contributed by atoms with Gasteiger partial charge in [-0.05, 0) is 36.1 Å². The average Bonchev–Trinajstić information content (AvgIpc) is 2.83. The molecule has 2 aromatic carbocycles. The maximum absolute atomic E-state index is 10.4. The average molecular weight is 481 g/mol. The van der Waals surface area contributed by atoms with Crippen LogP contribution in [0.1, 0.15) is 31.9 Å². The second kappa shape index (κ2) is 21.9. The first kappa shape index (κ1) is 31.1. The fourth-order valence-corrected chi connectivity index (χ4v) is 2.31. The van der Waals surface area contributed by atoms with Crippen LogP contribution < -0.4 is 0 Å². The standard InChI is InChI=1S/C12H14O2.C9H10.C8H12O4/c1-11(13)14-10-6-5-9-12-7-3-2-4-8-12;1-2-6-9-7-4-3-5-8-9;1-7(9)11-5-3-4-6-12-8(2)10/h2-8H,9-10H2,1H3;2-5,7-8H,1,6H2;3-4H,5-6H2,1-2H3/b;;4-3-. The molecule has 0 atom stereocenters. The number of ether oxygens (including phenoxy) is 3. The highest BCUT2D eigenvalue weighted by Crippen LogP contribution is 2.00. The molecule has 0 aliphatic rings. The van der Waals surface area contributed by atoms with Crippen LogP contribution in [0.3, 0.4) is 0 Å². The van der Waals surface area contributed by atoms with E-state index >= 15 is 0 Å². The van der Waals surface area contributed by atoms with Crippen molar-refractivity contribution in [2.75, 3.05) is 19.8 Å². The first-order valence-corrected chi connectivity index (χ1v) is 11.2. The molecule has 2 rings (SSSR count). The van der Waals surface area contributed by atoms with E-state index in [1.165, 1.54) is 31.9 Å². The Morgan fingerprint density at radius 2 is 0.943 bits per heavy atom. The molecule has 0 amide bonds. The predicted molar refractivity (Wildman–Crippen MR) is 139 cm³/mol.